The number of aryl methyl sites for hydroxylation is 2. The number of aromatic nitrogens is 3. The zero-order chi connectivity index (χ0) is 22.9. The van der Waals surface area contributed by atoms with Crippen LogP contribution in [0.15, 0.2) is 29.2 Å². The predicted octanol–water partition coefficient (Wildman–Crippen LogP) is 4.83. The molecule has 0 saturated carbocycles. The Bertz CT molecular complexity index is 1310. The van der Waals surface area contributed by atoms with Crippen LogP contribution in [0.1, 0.15) is 92.3 Å². The smallest absolute Gasteiger partial charge is 0.260 e. The first kappa shape index (κ1) is 20.8. The van der Waals surface area contributed by atoms with Gasteiger partial charge in [0.25, 0.3) is 11.5 Å². The van der Waals surface area contributed by atoms with Crippen molar-refractivity contribution in [1.82, 2.24) is 18.6 Å². The number of carbonyl (C=O) groups is 1. The monoisotopic (exact) mass is 446 g/mol. The van der Waals surface area contributed by atoms with E-state index in [0.717, 1.165) is 61.8 Å². The van der Waals surface area contributed by atoms with Crippen LogP contribution < -0.4 is 5.56 Å². The van der Waals surface area contributed by atoms with Crippen molar-refractivity contribution in [2.45, 2.75) is 96.9 Å². The van der Waals surface area contributed by atoms with Gasteiger partial charge in [-0.15, -0.1) is 0 Å². The average molecular weight is 447 g/mol. The maximum atomic E-state index is 13.3. The van der Waals surface area contributed by atoms with E-state index < -0.39 is 0 Å². The van der Waals surface area contributed by atoms with E-state index >= 15 is 0 Å². The Kier molecular flexibility index (Phi) is 4.82. The third-order valence-electron chi connectivity index (χ3n) is 8.27. The second kappa shape index (κ2) is 7.64. The van der Waals surface area contributed by atoms with Gasteiger partial charge in [-0.2, -0.15) is 0 Å². The van der Waals surface area contributed by atoms with Crippen LogP contribution in [-0.4, -0.2) is 30.6 Å². The number of fused-ring (bicyclic) bond motifs is 6. The summed E-state index contributed by atoms with van der Waals surface area (Å²) in [6.45, 7) is 9.06. The van der Waals surface area contributed by atoms with Crippen molar-refractivity contribution in [1.29, 1.82) is 0 Å². The predicted molar refractivity (Wildman–Crippen MR) is 130 cm³/mol. The molecule has 0 N–H and O–H groups in total. The first-order valence-electron chi connectivity index (χ1n) is 12.7. The van der Waals surface area contributed by atoms with Crippen molar-refractivity contribution in [2.24, 2.45) is 0 Å². The van der Waals surface area contributed by atoms with Crippen LogP contribution in [0, 0.1) is 0 Å². The van der Waals surface area contributed by atoms with E-state index in [0.29, 0.717) is 5.92 Å². The van der Waals surface area contributed by atoms with Crippen molar-refractivity contribution >= 4 is 16.8 Å². The second-order valence-electron chi connectivity index (χ2n) is 10.6. The lowest BCUT2D eigenvalue weighted by Gasteiger charge is -2.32. The summed E-state index contributed by atoms with van der Waals surface area (Å²) < 4.78 is 6.58. The summed E-state index contributed by atoms with van der Waals surface area (Å²) in [5.74, 6) is 0.577. The fourth-order valence-electron chi connectivity index (χ4n) is 6.52. The van der Waals surface area contributed by atoms with Crippen LogP contribution in [0.25, 0.3) is 10.9 Å². The maximum Gasteiger partial charge on any atom is 0.260 e. The highest BCUT2D eigenvalue weighted by atomic mass is 16.2. The molecule has 0 radical (unpaired) electrons. The van der Waals surface area contributed by atoms with Gasteiger partial charge in [-0.05, 0) is 77.5 Å². The fourth-order valence-corrected chi connectivity index (χ4v) is 6.52. The largest absolute Gasteiger partial charge is 0.346 e. The lowest BCUT2D eigenvalue weighted by atomic mass is 9.89. The quantitative estimate of drug-likeness (QED) is 0.576. The molecule has 0 aliphatic carbocycles. The summed E-state index contributed by atoms with van der Waals surface area (Å²) in [4.78, 5) is 28.5. The Morgan fingerprint density at radius 1 is 1.03 bits per heavy atom. The summed E-state index contributed by atoms with van der Waals surface area (Å²) in [5.41, 5.74) is 5.95. The van der Waals surface area contributed by atoms with E-state index in [1.54, 1.807) is 0 Å². The van der Waals surface area contributed by atoms with E-state index in [-0.39, 0.29) is 23.6 Å². The molecule has 6 nitrogen and oxygen atoms in total. The van der Waals surface area contributed by atoms with Gasteiger partial charge >= 0.3 is 0 Å². The number of nitrogens with zero attached hydrogens (tertiary/aromatic N) is 4. The molecule has 6 rings (SSSR count). The molecule has 0 aromatic carbocycles. The summed E-state index contributed by atoms with van der Waals surface area (Å²) in [6, 6.07) is 6.72. The van der Waals surface area contributed by atoms with Gasteiger partial charge in [0.05, 0.1) is 28.7 Å². The summed E-state index contributed by atoms with van der Waals surface area (Å²) in [5, 5.41) is 0.835. The van der Waals surface area contributed by atoms with Crippen molar-refractivity contribution < 1.29 is 4.79 Å². The summed E-state index contributed by atoms with van der Waals surface area (Å²) in [6.07, 6.45) is 8.65. The zero-order valence-corrected chi connectivity index (χ0v) is 20.0. The van der Waals surface area contributed by atoms with Crippen LogP contribution in [0.4, 0.5) is 0 Å². The molecule has 0 bridgehead atoms. The molecule has 33 heavy (non-hydrogen) atoms. The van der Waals surface area contributed by atoms with Crippen LogP contribution in [0.3, 0.4) is 0 Å². The number of hydrogen-bond donors (Lipinski definition) is 0. The van der Waals surface area contributed by atoms with Crippen LogP contribution >= 0.6 is 0 Å². The Labute approximate surface area is 194 Å². The second-order valence-corrected chi connectivity index (χ2v) is 10.6. The number of rotatable bonds is 4. The molecular formula is C27H34N4O2. The summed E-state index contributed by atoms with van der Waals surface area (Å²) in [7, 11) is 0. The van der Waals surface area contributed by atoms with Crippen molar-refractivity contribution in [3.8, 4) is 0 Å². The number of amides is 1. The highest BCUT2D eigenvalue weighted by Gasteiger charge is 2.36. The Morgan fingerprint density at radius 3 is 2.67 bits per heavy atom. The van der Waals surface area contributed by atoms with E-state index in [4.69, 9.17) is 0 Å². The van der Waals surface area contributed by atoms with Crippen LogP contribution in [-0.2, 0) is 26.1 Å². The highest BCUT2D eigenvalue weighted by molar-refractivity contribution is 5.98. The van der Waals surface area contributed by atoms with Gasteiger partial charge in [0, 0.05) is 48.7 Å². The van der Waals surface area contributed by atoms with Gasteiger partial charge in [0.1, 0.15) is 0 Å². The Morgan fingerprint density at radius 2 is 1.85 bits per heavy atom. The molecule has 6 heteroatoms. The van der Waals surface area contributed by atoms with Gasteiger partial charge in [0.2, 0.25) is 0 Å². The number of carbonyl (C=O) groups excluding carboxylic acids is 1. The van der Waals surface area contributed by atoms with E-state index in [9.17, 15) is 9.59 Å². The first-order chi connectivity index (χ1) is 15.9. The highest BCUT2D eigenvalue weighted by Crippen LogP contribution is 2.38. The average Bonchev–Trinajstić information content (AvgIpc) is 3.46. The number of pyridine rings is 1. The minimum absolute atomic E-state index is 0.107. The molecule has 3 aromatic rings. The van der Waals surface area contributed by atoms with Crippen LogP contribution in [0.5, 0.6) is 0 Å². The van der Waals surface area contributed by atoms with E-state index in [2.05, 4.69) is 39.2 Å². The minimum atomic E-state index is 0.107. The standard InChI is InChI=1S/C27H34N4O2/c1-17(2)28-12-9-23-22(26(28)32)15-24-19(7-6-11-30(23)24)13-18(3)31-16-25-21(27(31)33)14-20-8-4-5-10-29(20)25/h9,12,14-15,17-19H,4-8,10-11,13,16H2,1-3H3. The summed E-state index contributed by atoms with van der Waals surface area (Å²) >= 11 is 0. The molecule has 2 unspecified atom stereocenters. The lowest BCUT2D eigenvalue weighted by Crippen LogP contribution is -2.35. The van der Waals surface area contributed by atoms with E-state index in [1.807, 2.05) is 24.6 Å². The third-order valence-corrected chi connectivity index (χ3v) is 8.27. The van der Waals surface area contributed by atoms with Crippen molar-refractivity contribution in [3.05, 3.63) is 57.4 Å². The number of hydrogen-bond acceptors (Lipinski definition) is 2. The molecule has 0 fully saturated rings. The van der Waals surface area contributed by atoms with E-state index in [1.165, 1.54) is 29.9 Å². The molecule has 3 aromatic heterocycles. The Hall–Kier alpha value is -2.76. The fraction of sp³-hybridized carbons (Fsp3) is 0.556. The molecule has 2 atom stereocenters. The van der Waals surface area contributed by atoms with Crippen LogP contribution in [0.2, 0.25) is 0 Å². The first-order valence-corrected chi connectivity index (χ1v) is 12.7. The lowest BCUT2D eigenvalue weighted by molar-refractivity contribution is 0.0696. The third kappa shape index (κ3) is 3.13. The molecule has 0 saturated heterocycles. The molecule has 0 spiro atoms. The van der Waals surface area contributed by atoms with Gasteiger partial charge in [-0.3, -0.25) is 9.59 Å². The van der Waals surface area contributed by atoms with Gasteiger partial charge < -0.3 is 18.6 Å². The van der Waals surface area contributed by atoms with Gasteiger partial charge in [0.15, 0.2) is 0 Å². The molecule has 3 aliphatic rings. The maximum absolute atomic E-state index is 13.3. The molecule has 174 valence electrons. The topological polar surface area (TPSA) is 52.2 Å². The molecule has 3 aliphatic heterocycles. The van der Waals surface area contributed by atoms with Crippen molar-refractivity contribution in [3.63, 3.8) is 0 Å². The molecule has 1 amide bonds. The zero-order valence-electron chi connectivity index (χ0n) is 20.0. The molecular weight excluding hydrogens is 412 g/mol. The SMILES string of the molecule is CC(CC1CCCn2c1cc1c(=O)n(C(C)C)ccc12)N1Cc2c(cc3n2CCCC3)C1=O. The van der Waals surface area contributed by atoms with Gasteiger partial charge in [-0.25, -0.2) is 0 Å². The normalized spacial score (nSPS) is 20.9. The Balaban J connectivity index is 1.27. The molecule has 6 heterocycles. The van der Waals surface area contributed by atoms with Gasteiger partial charge in [-0.1, -0.05) is 0 Å². The van der Waals surface area contributed by atoms with Crippen molar-refractivity contribution in [2.75, 3.05) is 0 Å². The minimum Gasteiger partial charge on any atom is -0.346 e.